The number of phenolic OH excluding ortho intramolecular Hbond substituents is 1. The lowest BCUT2D eigenvalue weighted by atomic mass is 10.2. The maximum Gasteiger partial charge on any atom is 0.348 e. The number of carbonyl (C=O) groups is 2. The maximum absolute atomic E-state index is 12.7. The molecule has 5 nitrogen and oxygen atoms in total. The first-order valence-electron chi connectivity index (χ1n) is 7.31. The zero-order valence-electron chi connectivity index (χ0n) is 13.1. The molecule has 122 valence electrons. The number of para-hydroxylation sites is 1. The van der Waals surface area contributed by atoms with Gasteiger partial charge in [0.05, 0.1) is 12.0 Å². The summed E-state index contributed by atoms with van der Waals surface area (Å²) in [6.07, 6.45) is 0.800. The van der Waals surface area contributed by atoms with E-state index in [1.54, 1.807) is 35.2 Å². The topological polar surface area (TPSA) is 66.8 Å². The van der Waals surface area contributed by atoms with Gasteiger partial charge in [0.15, 0.2) is 0 Å². The van der Waals surface area contributed by atoms with E-state index in [1.165, 1.54) is 7.11 Å². The summed E-state index contributed by atoms with van der Waals surface area (Å²) < 4.78 is 4.66. The molecule has 1 amide bonds. The molecular formula is C17H19NO4S. The smallest absolute Gasteiger partial charge is 0.348 e. The van der Waals surface area contributed by atoms with Crippen LogP contribution in [-0.4, -0.2) is 35.5 Å². The fraction of sp³-hybridized carbons (Fsp3) is 0.294. The average Bonchev–Trinajstić information content (AvgIpc) is 3.05. The number of rotatable bonds is 6. The number of amides is 1. The van der Waals surface area contributed by atoms with Gasteiger partial charge in [0, 0.05) is 18.7 Å². The fourth-order valence-corrected chi connectivity index (χ4v) is 3.08. The van der Waals surface area contributed by atoms with Gasteiger partial charge in [0.25, 0.3) is 5.91 Å². The first-order chi connectivity index (χ1) is 11.1. The Labute approximate surface area is 139 Å². The van der Waals surface area contributed by atoms with Crippen molar-refractivity contribution in [3.8, 4) is 5.75 Å². The monoisotopic (exact) mass is 333 g/mol. The van der Waals surface area contributed by atoms with Crippen LogP contribution in [0.4, 0.5) is 0 Å². The van der Waals surface area contributed by atoms with Crippen LogP contribution in [0.2, 0.25) is 0 Å². The minimum absolute atomic E-state index is 0.157. The Bertz CT molecular complexity index is 695. The predicted molar refractivity (Wildman–Crippen MR) is 88.8 cm³/mol. The van der Waals surface area contributed by atoms with Gasteiger partial charge in [0.1, 0.15) is 10.6 Å². The Kier molecular flexibility index (Phi) is 5.76. The van der Waals surface area contributed by atoms with Gasteiger partial charge >= 0.3 is 5.97 Å². The molecule has 0 atom stereocenters. The molecule has 1 N–H and O–H groups in total. The number of benzene rings is 1. The van der Waals surface area contributed by atoms with Crippen molar-refractivity contribution in [2.75, 3.05) is 13.7 Å². The van der Waals surface area contributed by atoms with Crippen molar-refractivity contribution in [1.82, 2.24) is 4.90 Å². The predicted octanol–water partition coefficient (Wildman–Crippen LogP) is 3.29. The molecule has 0 fully saturated rings. The lowest BCUT2D eigenvalue weighted by Crippen LogP contribution is -2.30. The minimum atomic E-state index is -0.447. The van der Waals surface area contributed by atoms with Gasteiger partial charge in [-0.1, -0.05) is 25.1 Å². The van der Waals surface area contributed by atoms with Gasteiger partial charge in [-0.05, 0) is 24.6 Å². The summed E-state index contributed by atoms with van der Waals surface area (Å²) in [6.45, 7) is 2.88. The Morgan fingerprint density at radius 3 is 2.52 bits per heavy atom. The third kappa shape index (κ3) is 4.10. The van der Waals surface area contributed by atoms with Crippen LogP contribution in [0.25, 0.3) is 0 Å². The van der Waals surface area contributed by atoms with Crippen LogP contribution in [0.3, 0.4) is 0 Å². The van der Waals surface area contributed by atoms with Gasteiger partial charge in [0.2, 0.25) is 0 Å². The molecule has 23 heavy (non-hydrogen) atoms. The number of aromatic hydroxyl groups is 1. The van der Waals surface area contributed by atoms with E-state index in [0.717, 1.165) is 17.8 Å². The normalized spacial score (nSPS) is 10.3. The second-order valence-electron chi connectivity index (χ2n) is 5.01. The molecule has 1 aromatic heterocycles. The molecule has 0 aliphatic heterocycles. The van der Waals surface area contributed by atoms with Crippen LogP contribution in [0.15, 0.2) is 36.4 Å². The molecule has 2 aromatic rings. The van der Waals surface area contributed by atoms with E-state index in [1.807, 2.05) is 13.0 Å². The molecule has 1 aromatic carbocycles. The third-order valence-corrected chi connectivity index (χ3v) is 4.39. The Morgan fingerprint density at radius 1 is 1.17 bits per heavy atom. The first-order valence-corrected chi connectivity index (χ1v) is 8.12. The Hall–Kier alpha value is -2.34. The summed E-state index contributed by atoms with van der Waals surface area (Å²) in [6, 6.07) is 10.2. The average molecular weight is 333 g/mol. The molecule has 0 unspecified atom stereocenters. The van der Waals surface area contributed by atoms with Crippen LogP contribution in [0, 0.1) is 0 Å². The highest BCUT2D eigenvalue weighted by Gasteiger charge is 2.20. The standard InChI is InChI=1S/C17H19NO4S/c1-3-10-18(11-12-6-4-5-7-13(12)19)16(20)14-8-9-15(23-14)17(21)22-2/h4-9,19H,3,10-11H2,1-2H3. The Balaban J connectivity index is 2.20. The van der Waals surface area contributed by atoms with Crippen molar-refractivity contribution in [3.05, 3.63) is 51.7 Å². The second kappa shape index (κ2) is 7.78. The van der Waals surface area contributed by atoms with E-state index in [4.69, 9.17) is 0 Å². The molecule has 2 rings (SSSR count). The van der Waals surface area contributed by atoms with E-state index in [-0.39, 0.29) is 11.7 Å². The number of esters is 1. The van der Waals surface area contributed by atoms with Crippen molar-refractivity contribution < 1.29 is 19.4 Å². The number of carbonyl (C=O) groups excluding carboxylic acids is 2. The molecule has 0 aliphatic carbocycles. The van der Waals surface area contributed by atoms with Crippen molar-refractivity contribution in [2.45, 2.75) is 19.9 Å². The summed E-state index contributed by atoms with van der Waals surface area (Å²) in [7, 11) is 1.31. The van der Waals surface area contributed by atoms with Gasteiger partial charge in [-0.25, -0.2) is 4.79 Å². The second-order valence-corrected chi connectivity index (χ2v) is 6.09. The molecule has 0 spiro atoms. The Morgan fingerprint density at radius 2 is 1.87 bits per heavy atom. The highest BCUT2D eigenvalue weighted by atomic mass is 32.1. The quantitative estimate of drug-likeness (QED) is 0.824. The zero-order valence-corrected chi connectivity index (χ0v) is 13.9. The van der Waals surface area contributed by atoms with Gasteiger partial charge in [-0.15, -0.1) is 11.3 Å². The van der Waals surface area contributed by atoms with Crippen molar-refractivity contribution >= 4 is 23.2 Å². The summed E-state index contributed by atoms with van der Waals surface area (Å²) in [5, 5.41) is 9.89. The largest absolute Gasteiger partial charge is 0.508 e. The molecule has 0 bridgehead atoms. The van der Waals surface area contributed by atoms with Gasteiger partial charge in [-0.2, -0.15) is 0 Å². The maximum atomic E-state index is 12.7. The number of hydrogen-bond donors (Lipinski definition) is 1. The molecule has 0 saturated heterocycles. The number of ether oxygens (including phenoxy) is 1. The highest BCUT2D eigenvalue weighted by Crippen LogP contribution is 2.23. The van der Waals surface area contributed by atoms with Crippen LogP contribution in [0.1, 0.15) is 38.3 Å². The van der Waals surface area contributed by atoms with Crippen LogP contribution >= 0.6 is 11.3 Å². The van der Waals surface area contributed by atoms with Crippen LogP contribution < -0.4 is 0 Å². The number of phenols is 1. The summed E-state index contributed by atoms with van der Waals surface area (Å²) in [4.78, 5) is 26.7. The highest BCUT2D eigenvalue weighted by molar-refractivity contribution is 7.15. The summed E-state index contributed by atoms with van der Waals surface area (Å²) in [5.74, 6) is -0.435. The lowest BCUT2D eigenvalue weighted by molar-refractivity contribution is 0.0606. The van der Waals surface area contributed by atoms with Crippen molar-refractivity contribution in [3.63, 3.8) is 0 Å². The molecule has 0 saturated carbocycles. The van der Waals surface area contributed by atoms with E-state index in [9.17, 15) is 14.7 Å². The van der Waals surface area contributed by atoms with Crippen LogP contribution in [0.5, 0.6) is 5.75 Å². The van der Waals surface area contributed by atoms with Crippen molar-refractivity contribution in [2.24, 2.45) is 0 Å². The third-order valence-electron chi connectivity index (χ3n) is 3.34. The number of nitrogens with zero attached hydrogens (tertiary/aromatic N) is 1. The minimum Gasteiger partial charge on any atom is -0.508 e. The fourth-order valence-electron chi connectivity index (χ4n) is 2.19. The number of hydrogen-bond acceptors (Lipinski definition) is 5. The lowest BCUT2D eigenvalue weighted by Gasteiger charge is -2.22. The zero-order chi connectivity index (χ0) is 16.8. The molecular weight excluding hydrogens is 314 g/mol. The SMILES string of the molecule is CCCN(Cc1ccccc1O)C(=O)c1ccc(C(=O)OC)s1. The van der Waals surface area contributed by atoms with E-state index in [2.05, 4.69) is 4.74 Å². The van der Waals surface area contributed by atoms with Gasteiger partial charge < -0.3 is 14.7 Å². The van der Waals surface area contributed by atoms with E-state index >= 15 is 0 Å². The van der Waals surface area contributed by atoms with Gasteiger partial charge in [-0.3, -0.25) is 4.79 Å². The van der Waals surface area contributed by atoms with Crippen molar-refractivity contribution in [1.29, 1.82) is 0 Å². The molecule has 0 radical (unpaired) electrons. The number of methoxy groups -OCH3 is 1. The molecule has 1 heterocycles. The van der Waals surface area contributed by atoms with E-state index < -0.39 is 5.97 Å². The summed E-state index contributed by atoms with van der Waals surface area (Å²) in [5.41, 5.74) is 0.694. The first kappa shape index (κ1) is 17.0. The van der Waals surface area contributed by atoms with Crippen LogP contribution in [-0.2, 0) is 11.3 Å². The summed E-state index contributed by atoms with van der Waals surface area (Å²) >= 11 is 1.11. The molecule has 0 aliphatic rings. The van der Waals surface area contributed by atoms with E-state index in [0.29, 0.717) is 28.4 Å². The number of thiophene rings is 1. The molecule has 6 heteroatoms.